The zero-order valence-electron chi connectivity index (χ0n) is 8.94. The second kappa shape index (κ2) is 4.41. The molecular formula is C13H12FNO. The number of halogens is 1. The van der Waals surface area contributed by atoms with E-state index < -0.39 is 5.95 Å². The van der Waals surface area contributed by atoms with Gasteiger partial charge in [0.1, 0.15) is 0 Å². The summed E-state index contributed by atoms with van der Waals surface area (Å²) in [6.45, 7) is 1.95. The lowest BCUT2D eigenvalue weighted by Crippen LogP contribution is -1.90. The van der Waals surface area contributed by atoms with Crippen LogP contribution in [0, 0.1) is 12.9 Å². The van der Waals surface area contributed by atoms with E-state index in [0.29, 0.717) is 0 Å². The zero-order valence-corrected chi connectivity index (χ0v) is 8.94. The number of hydrogen-bond donors (Lipinski definition) is 1. The smallest absolute Gasteiger partial charge is 0.212 e. The molecule has 0 bridgehead atoms. The van der Waals surface area contributed by atoms with Gasteiger partial charge >= 0.3 is 0 Å². The molecule has 0 spiro atoms. The lowest BCUT2D eigenvalue weighted by atomic mass is 10.0. The molecule has 1 aromatic heterocycles. The van der Waals surface area contributed by atoms with Crippen molar-refractivity contribution in [3.63, 3.8) is 0 Å². The fourth-order valence-electron chi connectivity index (χ4n) is 1.57. The number of aliphatic hydroxyl groups is 1. The maximum absolute atomic E-state index is 12.7. The molecule has 2 rings (SSSR count). The van der Waals surface area contributed by atoms with Crippen LogP contribution < -0.4 is 0 Å². The van der Waals surface area contributed by atoms with E-state index in [-0.39, 0.29) is 6.61 Å². The highest BCUT2D eigenvalue weighted by Crippen LogP contribution is 2.21. The molecule has 2 nitrogen and oxygen atoms in total. The van der Waals surface area contributed by atoms with Crippen LogP contribution in [0.5, 0.6) is 0 Å². The van der Waals surface area contributed by atoms with Crippen LogP contribution in [0.2, 0.25) is 0 Å². The molecule has 1 heterocycles. The summed E-state index contributed by atoms with van der Waals surface area (Å²) in [6, 6.07) is 8.76. The number of nitrogens with zero attached hydrogens (tertiary/aromatic N) is 1. The van der Waals surface area contributed by atoms with Crippen LogP contribution in [0.4, 0.5) is 4.39 Å². The van der Waals surface area contributed by atoms with Gasteiger partial charge in [-0.2, -0.15) is 4.39 Å². The lowest BCUT2D eigenvalue weighted by molar-refractivity contribution is 0.281. The first kappa shape index (κ1) is 10.8. The third-order valence-corrected chi connectivity index (χ3v) is 2.58. The summed E-state index contributed by atoms with van der Waals surface area (Å²) in [4.78, 5) is 3.60. The first-order valence-electron chi connectivity index (χ1n) is 5.03. The van der Waals surface area contributed by atoms with Gasteiger partial charge in [-0.25, -0.2) is 4.98 Å². The van der Waals surface area contributed by atoms with Crippen LogP contribution in [0.1, 0.15) is 11.1 Å². The number of benzene rings is 1. The van der Waals surface area contributed by atoms with Crippen molar-refractivity contribution in [2.45, 2.75) is 13.5 Å². The van der Waals surface area contributed by atoms with Crippen LogP contribution in [0.25, 0.3) is 11.1 Å². The average Bonchev–Trinajstić information content (AvgIpc) is 2.31. The Kier molecular flexibility index (Phi) is 2.97. The molecule has 0 saturated heterocycles. The minimum Gasteiger partial charge on any atom is -0.392 e. The standard InChI is InChI=1S/C13H12FNO/c1-9-2-3-10(6-12(9)8-16)11-4-5-13(14)15-7-11/h2-7,16H,8H2,1H3. The van der Waals surface area contributed by atoms with E-state index in [1.54, 1.807) is 6.07 Å². The molecule has 0 fully saturated rings. The van der Waals surface area contributed by atoms with Gasteiger partial charge in [0.2, 0.25) is 5.95 Å². The fraction of sp³-hybridized carbons (Fsp3) is 0.154. The van der Waals surface area contributed by atoms with E-state index in [1.807, 2.05) is 25.1 Å². The van der Waals surface area contributed by atoms with Gasteiger partial charge in [-0.15, -0.1) is 0 Å². The number of rotatable bonds is 2. The first-order valence-corrected chi connectivity index (χ1v) is 5.03. The second-order valence-corrected chi connectivity index (χ2v) is 3.67. The molecule has 0 amide bonds. The highest BCUT2D eigenvalue weighted by atomic mass is 19.1. The summed E-state index contributed by atoms with van der Waals surface area (Å²) in [5.74, 6) is -0.488. The van der Waals surface area contributed by atoms with Crippen LogP contribution >= 0.6 is 0 Å². The van der Waals surface area contributed by atoms with Crippen molar-refractivity contribution in [3.8, 4) is 11.1 Å². The van der Waals surface area contributed by atoms with E-state index in [9.17, 15) is 4.39 Å². The van der Waals surface area contributed by atoms with Crippen molar-refractivity contribution in [2.24, 2.45) is 0 Å². The molecule has 1 aromatic carbocycles. The first-order chi connectivity index (χ1) is 7.70. The van der Waals surface area contributed by atoms with Gasteiger partial charge in [-0.3, -0.25) is 0 Å². The van der Waals surface area contributed by atoms with Crippen LogP contribution in [-0.4, -0.2) is 10.1 Å². The minimum atomic E-state index is -0.488. The van der Waals surface area contributed by atoms with Gasteiger partial charge in [0.15, 0.2) is 0 Å². The monoisotopic (exact) mass is 217 g/mol. The Bertz CT molecular complexity index is 494. The summed E-state index contributed by atoms with van der Waals surface area (Å²) in [5, 5.41) is 9.16. The molecule has 0 unspecified atom stereocenters. The SMILES string of the molecule is Cc1ccc(-c2ccc(F)nc2)cc1CO. The van der Waals surface area contributed by atoms with E-state index in [0.717, 1.165) is 22.3 Å². The van der Waals surface area contributed by atoms with Crippen molar-refractivity contribution in [2.75, 3.05) is 0 Å². The van der Waals surface area contributed by atoms with Crippen molar-refractivity contribution in [3.05, 3.63) is 53.6 Å². The van der Waals surface area contributed by atoms with E-state index in [2.05, 4.69) is 4.98 Å². The number of aromatic nitrogens is 1. The Hall–Kier alpha value is -1.74. The zero-order chi connectivity index (χ0) is 11.5. The molecule has 0 aliphatic rings. The number of aliphatic hydroxyl groups excluding tert-OH is 1. The van der Waals surface area contributed by atoms with Crippen molar-refractivity contribution in [1.29, 1.82) is 0 Å². The van der Waals surface area contributed by atoms with Crippen LogP contribution in [-0.2, 0) is 6.61 Å². The molecule has 82 valence electrons. The maximum atomic E-state index is 12.7. The van der Waals surface area contributed by atoms with E-state index in [1.165, 1.54) is 12.3 Å². The third-order valence-electron chi connectivity index (χ3n) is 2.58. The molecule has 0 radical (unpaired) electrons. The summed E-state index contributed by atoms with van der Waals surface area (Å²) < 4.78 is 12.7. The Morgan fingerprint density at radius 3 is 2.56 bits per heavy atom. The van der Waals surface area contributed by atoms with Gasteiger partial charge in [0, 0.05) is 11.8 Å². The van der Waals surface area contributed by atoms with Gasteiger partial charge < -0.3 is 5.11 Å². The molecule has 0 aliphatic carbocycles. The highest BCUT2D eigenvalue weighted by molar-refractivity contribution is 5.63. The quantitative estimate of drug-likeness (QED) is 0.784. The largest absolute Gasteiger partial charge is 0.392 e. The molecule has 3 heteroatoms. The maximum Gasteiger partial charge on any atom is 0.212 e. The summed E-state index contributed by atoms with van der Waals surface area (Å²) in [5.41, 5.74) is 3.70. The Morgan fingerprint density at radius 2 is 1.94 bits per heavy atom. The Labute approximate surface area is 93.4 Å². The lowest BCUT2D eigenvalue weighted by Gasteiger charge is -2.06. The molecule has 0 atom stereocenters. The molecule has 1 N–H and O–H groups in total. The predicted octanol–water partition coefficient (Wildman–Crippen LogP) is 2.69. The van der Waals surface area contributed by atoms with Gasteiger partial charge in [0.25, 0.3) is 0 Å². The van der Waals surface area contributed by atoms with E-state index >= 15 is 0 Å². The number of pyridine rings is 1. The summed E-state index contributed by atoms with van der Waals surface area (Å²) in [7, 11) is 0. The number of hydrogen-bond acceptors (Lipinski definition) is 2. The molecule has 0 aliphatic heterocycles. The second-order valence-electron chi connectivity index (χ2n) is 3.67. The predicted molar refractivity (Wildman–Crippen MR) is 60.3 cm³/mol. The Morgan fingerprint density at radius 1 is 1.19 bits per heavy atom. The number of aryl methyl sites for hydroxylation is 1. The topological polar surface area (TPSA) is 33.1 Å². The molecule has 0 saturated carbocycles. The molecular weight excluding hydrogens is 205 g/mol. The van der Waals surface area contributed by atoms with Crippen molar-refractivity contribution in [1.82, 2.24) is 4.98 Å². The average molecular weight is 217 g/mol. The van der Waals surface area contributed by atoms with Gasteiger partial charge in [0.05, 0.1) is 6.61 Å². The normalized spacial score (nSPS) is 10.4. The van der Waals surface area contributed by atoms with Crippen molar-refractivity contribution >= 4 is 0 Å². The Balaban J connectivity index is 2.44. The minimum absolute atomic E-state index is 0.00823. The van der Waals surface area contributed by atoms with Crippen molar-refractivity contribution < 1.29 is 9.50 Å². The van der Waals surface area contributed by atoms with E-state index in [4.69, 9.17) is 5.11 Å². The van der Waals surface area contributed by atoms with Gasteiger partial charge in [-0.1, -0.05) is 12.1 Å². The third kappa shape index (κ3) is 2.09. The van der Waals surface area contributed by atoms with Crippen LogP contribution in [0.15, 0.2) is 36.5 Å². The fourth-order valence-corrected chi connectivity index (χ4v) is 1.57. The molecule has 16 heavy (non-hydrogen) atoms. The summed E-state index contributed by atoms with van der Waals surface area (Å²) in [6.07, 6.45) is 1.49. The highest BCUT2D eigenvalue weighted by Gasteiger charge is 2.02. The summed E-state index contributed by atoms with van der Waals surface area (Å²) >= 11 is 0. The van der Waals surface area contributed by atoms with Gasteiger partial charge in [-0.05, 0) is 41.8 Å². The molecule has 2 aromatic rings. The van der Waals surface area contributed by atoms with Crippen LogP contribution in [0.3, 0.4) is 0 Å².